The smallest absolute Gasteiger partial charge is 0.307 e. The molecule has 1 unspecified atom stereocenters. The van der Waals surface area contributed by atoms with Crippen LogP contribution in [0.5, 0.6) is 5.75 Å². The van der Waals surface area contributed by atoms with Crippen molar-refractivity contribution in [2.75, 3.05) is 14.2 Å². The van der Waals surface area contributed by atoms with Crippen LogP contribution in [-0.2, 0) is 14.9 Å². The summed E-state index contributed by atoms with van der Waals surface area (Å²) >= 11 is 0. The summed E-state index contributed by atoms with van der Waals surface area (Å²) in [6.07, 6.45) is 0.173. The maximum atomic E-state index is 11.3. The minimum atomic E-state index is -0.362. The molecule has 1 atom stereocenters. The van der Waals surface area contributed by atoms with Gasteiger partial charge >= 0.3 is 5.97 Å². The molecule has 4 heteroatoms. The molecule has 0 bridgehead atoms. The third-order valence-corrected chi connectivity index (χ3v) is 3.07. The van der Waals surface area contributed by atoms with Gasteiger partial charge in [0.05, 0.1) is 20.6 Å². The average Bonchev–Trinajstić information content (AvgIpc) is 2.36. The van der Waals surface area contributed by atoms with E-state index in [1.54, 1.807) is 7.11 Å². The second-order valence-electron chi connectivity index (χ2n) is 5.60. The standard InChI is InChI=1S/C15H23NO3/c1-15(2,3)11-8-10(6-7-13(11)18-4)12(16)9-14(17)19-5/h6-8,12H,9,16H2,1-5H3. The molecule has 0 amide bonds. The lowest BCUT2D eigenvalue weighted by Gasteiger charge is -2.24. The fraction of sp³-hybridized carbons (Fsp3) is 0.533. The van der Waals surface area contributed by atoms with Gasteiger partial charge < -0.3 is 15.2 Å². The maximum Gasteiger partial charge on any atom is 0.307 e. The number of hydrogen-bond acceptors (Lipinski definition) is 4. The fourth-order valence-electron chi connectivity index (χ4n) is 1.92. The van der Waals surface area contributed by atoms with Crippen LogP contribution in [0.4, 0.5) is 0 Å². The van der Waals surface area contributed by atoms with Crippen LogP contribution in [-0.4, -0.2) is 20.2 Å². The third-order valence-electron chi connectivity index (χ3n) is 3.07. The number of ether oxygens (including phenoxy) is 2. The molecule has 0 saturated carbocycles. The van der Waals surface area contributed by atoms with Crippen LogP contribution >= 0.6 is 0 Å². The van der Waals surface area contributed by atoms with Crippen LogP contribution in [0.25, 0.3) is 0 Å². The Morgan fingerprint density at radius 3 is 2.42 bits per heavy atom. The van der Waals surface area contributed by atoms with E-state index >= 15 is 0 Å². The molecule has 0 radical (unpaired) electrons. The van der Waals surface area contributed by atoms with Crippen LogP contribution in [0.1, 0.15) is 44.4 Å². The molecule has 4 nitrogen and oxygen atoms in total. The SMILES string of the molecule is COC(=O)CC(N)c1ccc(OC)c(C(C)(C)C)c1. The lowest BCUT2D eigenvalue weighted by atomic mass is 9.84. The Hall–Kier alpha value is -1.55. The molecule has 0 spiro atoms. The van der Waals surface area contributed by atoms with Crippen LogP contribution in [0, 0.1) is 0 Å². The number of esters is 1. The molecule has 106 valence electrons. The van der Waals surface area contributed by atoms with Gasteiger partial charge in [0.25, 0.3) is 0 Å². The van der Waals surface area contributed by atoms with E-state index in [-0.39, 0.29) is 23.8 Å². The number of hydrogen-bond donors (Lipinski definition) is 1. The van der Waals surface area contributed by atoms with Gasteiger partial charge in [-0.25, -0.2) is 0 Å². The Balaban J connectivity index is 3.08. The van der Waals surface area contributed by atoms with Crippen molar-refractivity contribution in [3.63, 3.8) is 0 Å². The molecule has 0 aliphatic rings. The molecule has 0 fully saturated rings. The zero-order chi connectivity index (χ0) is 14.6. The lowest BCUT2D eigenvalue weighted by molar-refractivity contribution is -0.141. The van der Waals surface area contributed by atoms with Crippen LogP contribution in [0.15, 0.2) is 18.2 Å². The number of methoxy groups -OCH3 is 2. The van der Waals surface area contributed by atoms with Gasteiger partial charge in [0.1, 0.15) is 5.75 Å². The van der Waals surface area contributed by atoms with Gasteiger partial charge in [0.15, 0.2) is 0 Å². The van der Waals surface area contributed by atoms with Gasteiger partial charge in [-0.15, -0.1) is 0 Å². The summed E-state index contributed by atoms with van der Waals surface area (Å²) in [7, 11) is 3.02. The fourth-order valence-corrected chi connectivity index (χ4v) is 1.92. The van der Waals surface area contributed by atoms with Crippen LogP contribution < -0.4 is 10.5 Å². The summed E-state index contributed by atoms with van der Waals surface area (Å²) in [6, 6.07) is 5.43. The van der Waals surface area contributed by atoms with Crippen LogP contribution in [0.2, 0.25) is 0 Å². The molecule has 1 aromatic carbocycles. The second-order valence-corrected chi connectivity index (χ2v) is 5.60. The molecule has 2 N–H and O–H groups in total. The number of carbonyl (C=O) groups is 1. The zero-order valence-electron chi connectivity index (χ0n) is 12.3. The van der Waals surface area contributed by atoms with Crippen molar-refractivity contribution < 1.29 is 14.3 Å². The third kappa shape index (κ3) is 3.96. The predicted octanol–water partition coefficient (Wildman–Crippen LogP) is 2.56. The highest BCUT2D eigenvalue weighted by Gasteiger charge is 2.21. The molecule has 19 heavy (non-hydrogen) atoms. The van der Waals surface area contributed by atoms with E-state index in [0.717, 1.165) is 16.9 Å². The van der Waals surface area contributed by atoms with E-state index in [9.17, 15) is 4.79 Å². The maximum absolute atomic E-state index is 11.3. The molecule has 0 aromatic heterocycles. The summed E-state index contributed by atoms with van der Waals surface area (Å²) in [5, 5.41) is 0. The molecule has 1 aromatic rings. The van der Waals surface area contributed by atoms with Gasteiger partial charge in [-0.2, -0.15) is 0 Å². The Kier molecular flexibility index (Phi) is 4.95. The van der Waals surface area contributed by atoms with E-state index in [4.69, 9.17) is 10.5 Å². The molecule has 0 saturated heterocycles. The Morgan fingerprint density at radius 1 is 1.32 bits per heavy atom. The molecular weight excluding hydrogens is 242 g/mol. The van der Waals surface area contributed by atoms with E-state index < -0.39 is 0 Å². The first-order valence-electron chi connectivity index (χ1n) is 6.30. The van der Waals surface area contributed by atoms with Gasteiger partial charge in [0, 0.05) is 6.04 Å². The molecular formula is C15H23NO3. The quantitative estimate of drug-likeness (QED) is 0.850. The minimum absolute atomic E-state index is 0.0493. The van der Waals surface area contributed by atoms with Gasteiger partial charge in [-0.3, -0.25) is 4.79 Å². The first-order valence-corrected chi connectivity index (χ1v) is 6.30. The van der Waals surface area contributed by atoms with Crippen molar-refractivity contribution in [3.8, 4) is 5.75 Å². The molecule has 0 heterocycles. The Bertz CT molecular complexity index is 449. The summed E-state index contributed by atoms with van der Waals surface area (Å²) in [4.78, 5) is 11.3. The minimum Gasteiger partial charge on any atom is -0.496 e. The first-order chi connectivity index (χ1) is 8.79. The summed E-state index contributed by atoms with van der Waals surface area (Å²) in [6.45, 7) is 6.33. The first kappa shape index (κ1) is 15.5. The van der Waals surface area contributed by atoms with E-state index in [0.29, 0.717) is 0 Å². The van der Waals surface area contributed by atoms with E-state index in [1.165, 1.54) is 7.11 Å². The Morgan fingerprint density at radius 2 is 1.95 bits per heavy atom. The molecule has 1 rings (SSSR count). The monoisotopic (exact) mass is 265 g/mol. The normalized spacial score (nSPS) is 12.9. The largest absolute Gasteiger partial charge is 0.496 e. The number of benzene rings is 1. The van der Waals surface area contributed by atoms with Gasteiger partial charge in [-0.1, -0.05) is 26.8 Å². The van der Waals surface area contributed by atoms with Gasteiger partial charge in [-0.05, 0) is 28.7 Å². The van der Waals surface area contributed by atoms with Crippen molar-refractivity contribution in [1.29, 1.82) is 0 Å². The van der Waals surface area contributed by atoms with E-state index in [2.05, 4.69) is 25.5 Å². The van der Waals surface area contributed by atoms with Crippen molar-refractivity contribution in [2.24, 2.45) is 5.73 Å². The average molecular weight is 265 g/mol. The number of carbonyl (C=O) groups excluding carboxylic acids is 1. The van der Waals surface area contributed by atoms with Crippen LogP contribution in [0.3, 0.4) is 0 Å². The topological polar surface area (TPSA) is 61.5 Å². The summed E-state index contributed by atoms with van der Waals surface area (Å²) < 4.78 is 10.0. The van der Waals surface area contributed by atoms with Crippen molar-refractivity contribution in [3.05, 3.63) is 29.3 Å². The second kappa shape index (κ2) is 6.06. The lowest BCUT2D eigenvalue weighted by Crippen LogP contribution is -2.18. The highest BCUT2D eigenvalue weighted by atomic mass is 16.5. The van der Waals surface area contributed by atoms with Crippen molar-refractivity contribution in [2.45, 2.75) is 38.6 Å². The van der Waals surface area contributed by atoms with Crippen molar-refractivity contribution >= 4 is 5.97 Å². The van der Waals surface area contributed by atoms with Gasteiger partial charge in [0.2, 0.25) is 0 Å². The summed E-state index contributed by atoms with van der Waals surface area (Å²) in [5.74, 6) is 0.530. The molecule has 0 aliphatic carbocycles. The van der Waals surface area contributed by atoms with E-state index in [1.807, 2.05) is 18.2 Å². The Labute approximate surface area is 114 Å². The zero-order valence-corrected chi connectivity index (χ0v) is 12.3. The number of rotatable bonds is 4. The highest BCUT2D eigenvalue weighted by Crippen LogP contribution is 2.33. The summed E-state index contributed by atoms with van der Waals surface area (Å²) in [5.41, 5.74) is 7.97. The van der Waals surface area contributed by atoms with Crippen molar-refractivity contribution in [1.82, 2.24) is 0 Å². The molecule has 0 aliphatic heterocycles. The highest BCUT2D eigenvalue weighted by molar-refractivity contribution is 5.70. The predicted molar refractivity (Wildman–Crippen MR) is 75.3 cm³/mol. The number of nitrogens with two attached hydrogens (primary N) is 1.